The Labute approximate surface area is 123 Å². The molecule has 1 saturated heterocycles. The van der Waals surface area contributed by atoms with Crippen LogP contribution < -0.4 is 4.90 Å². The molecule has 1 aromatic carbocycles. The predicted molar refractivity (Wildman–Crippen MR) is 81.2 cm³/mol. The minimum Gasteiger partial charge on any atom is -0.396 e. The van der Waals surface area contributed by atoms with Crippen LogP contribution in [0.25, 0.3) is 0 Å². The zero-order valence-corrected chi connectivity index (χ0v) is 12.3. The lowest BCUT2D eigenvalue weighted by Gasteiger charge is -2.30. The van der Waals surface area contributed by atoms with Crippen molar-refractivity contribution >= 4 is 23.4 Å². The Bertz CT molecular complexity index is 495. The third kappa shape index (κ3) is 2.85. The van der Waals surface area contributed by atoms with E-state index in [4.69, 9.17) is 0 Å². The van der Waals surface area contributed by atoms with Gasteiger partial charge in [0.2, 0.25) is 5.91 Å². The summed E-state index contributed by atoms with van der Waals surface area (Å²) in [7, 11) is 0. The Kier molecular flexibility index (Phi) is 4.29. The quantitative estimate of drug-likeness (QED) is 0.915. The van der Waals surface area contributed by atoms with Gasteiger partial charge in [0, 0.05) is 30.3 Å². The van der Waals surface area contributed by atoms with E-state index in [0.29, 0.717) is 12.5 Å². The molecule has 2 aliphatic heterocycles. The number of carbonyl (C=O) groups excluding carboxylic acids is 1. The van der Waals surface area contributed by atoms with E-state index in [9.17, 15) is 9.90 Å². The zero-order chi connectivity index (χ0) is 13.9. The number of thioether (sulfide) groups is 1. The van der Waals surface area contributed by atoms with Crippen molar-refractivity contribution < 1.29 is 9.90 Å². The van der Waals surface area contributed by atoms with Crippen molar-refractivity contribution in [3.05, 3.63) is 24.3 Å². The molecule has 1 amide bonds. The van der Waals surface area contributed by atoms with E-state index in [1.54, 1.807) is 0 Å². The number of anilines is 1. The maximum absolute atomic E-state index is 12.5. The molecule has 5 heteroatoms. The van der Waals surface area contributed by atoms with Gasteiger partial charge in [-0.05, 0) is 31.0 Å². The summed E-state index contributed by atoms with van der Waals surface area (Å²) in [6, 6.07) is 8.12. The van der Waals surface area contributed by atoms with Gasteiger partial charge in [-0.1, -0.05) is 12.1 Å². The van der Waals surface area contributed by atoms with Gasteiger partial charge in [0.25, 0.3) is 0 Å². The van der Waals surface area contributed by atoms with Crippen LogP contribution >= 0.6 is 11.8 Å². The molecule has 1 aromatic rings. The fraction of sp³-hybridized carbons (Fsp3) is 0.533. The maximum Gasteiger partial charge on any atom is 0.241 e. The number of benzene rings is 1. The normalized spacial score (nSPS) is 22.9. The van der Waals surface area contributed by atoms with Gasteiger partial charge in [0.15, 0.2) is 0 Å². The summed E-state index contributed by atoms with van der Waals surface area (Å²) >= 11 is 1.82. The van der Waals surface area contributed by atoms with Crippen LogP contribution in [-0.4, -0.2) is 54.5 Å². The van der Waals surface area contributed by atoms with E-state index in [1.165, 1.54) is 4.90 Å². The molecule has 0 aromatic heterocycles. The Morgan fingerprint density at radius 3 is 3.00 bits per heavy atom. The number of nitrogens with zero attached hydrogens (tertiary/aromatic N) is 2. The second-order valence-electron chi connectivity index (χ2n) is 5.43. The van der Waals surface area contributed by atoms with Crippen molar-refractivity contribution in [3.8, 4) is 0 Å². The van der Waals surface area contributed by atoms with Crippen LogP contribution in [0.2, 0.25) is 0 Å². The van der Waals surface area contributed by atoms with Crippen molar-refractivity contribution in [1.82, 2.24) is 4.90 Å². The van der Waals surface area contributed by atoms with E-state index in [0.717, 1.165) is 37.5 Å². The third-order valence-electron chi connectivity index (χ3n) is 4.02. The molecule has 1 N–H and O–H groups in total. The highest BCUT2D eigenvalue weighted by atomic mass is 32.2. The molecule has 3 rings (SSSR count). The Morgan fingerprint density at radius 2 is 2.20 bits per heavy atom. The fourth-order valence-electron chi connectivity index (χ4n) is 2.91. The van der Waals surface area contributed by atoms with Crippen molar-refractivity contribution in [1.29, 1.82) is 0 Å². The van der Waals surface area contributed by atoms with Crippen LogP contribution in [0.15, 0.2) is 29.2 Å². The first kappa shape index (κ1) is 13.9. The third-order valence-corrected chi connectivity index (χ3v) is 5.06. The zero-order valence-electron chi connectivity index (χ0n) is 11.5. The monoisotopic (exact) mass is 292 g/mol. The van der Waals surface area contributed by atoms with Gasteiger partial charge < -0.3 is 10.0 Å². The number of carbonyl (C=O) groups is 1. The Balaban J connectivity index is 1.67. The lowest BCUT2D eigenvalue weighted by Crippen LogP contribution is -2.42. The Morgan fingerprint density at radius 1 is 1.35 bits per heavy atom. The number of hydrogen-bond donors (Lipinski definition) is 1. The molecule has 0 spiro atoms. The molecule has 2 heterocycles. The number of fused-ring (bicyclic) bond motifs is 1. The lowest BCUT2D eigenvalue weighted by atomic mass is 10.1. The molecule has 20 heavy (non-hydrogen) atoms. The molecule has 1 atom stereocenters. The molecule has 1 fully saturated rings. The first-order valence-electron chi connectivity index (χ1n) is 7.13. The fourth-order valence-corrected chi connectivity index (χ4v) is 3.91. The van der Waals surface area contributed by atoms with Crippen LogP contribution in [0.5, 0.6) is 0 Å². The second-order valence-corrected chi connectivity index (χ2v) is 6.57. The highest BCUT2D eigenvalue weighted by Crippen LogP contribution is 2.34. The summed E-state index contributed by atoms with van der Waals surface area (Å²) in [5.74, 6) is 1.48. The molecule has 0 bridgehead atoms. The van der Waals surface area contributed by atoms with Crippen molar-refractivity contribution in [2.45, 2.75) is 11.3 Å². The summed E-state index contributed by atoms with van der Waals surface area (Å²) in [5, 5.41) is 9.17. The second kappa shape index (κ2) is 6.16. The van der Waals surface area contributed by atoms with E-state index in [1.807, 2.05) is 34.9 Å². The van der Waals surface area contributed by atoms with Gasteiger partial charge in [-0.2, -0.15) is 0 Å². The minimum absolute atomic E-state index is 0.177. The summed E-state index contributed by atoms with van der Waals surface area (Å²) in [6.07, 6.45) is 0.996. The average molecular weight is 292 g/mol. The molecule has 4 nitrogen and oxygen atoms in total. The molecule has 2 aliphatic rings. The van der Waals surface area contributed by atoms with E-state index in [2.05, 4.69) is 11.0 Å². The summed E-state index contributed by atoms with van der Waals surface area (Å²) < 4.78 is 0. The van der Waals surface area contributed by atoms with Crippen LogP contribution in [0.4, 0.5) is 5.69 Å². The highest BCUT2D eigenvalue weighted by molar-refractivity contribution is 7.99. The van der Waals surface area contributed by atoms with Crippen LogP contribution in [0.1, 0.15) is 6.42 Å². The van der Waals surface area contributed by atoms with Crippen LogP contribution in [0, 0.1) is 5.92 Å². The van der Waals surface area contributed by atoms with Gasteiger partial charge in [-0.15, -0.1) is 11.8 Å². The first-order chi connectivity index (χ1) is 9.78. The SMILES string of the molecule is O=C(CN1CCC(CO)C1)N1CCSc2ccccc21. The predicted octanol–water partition coefficient (Wildman–Crippen LogP) is 1.44. The largest absolute Gasteiger partial charge is 0.396 e. The van der Waals surface area contributed by atoms with Gasteiger partial charge in [0.05, 0.1) is 12.2 Å². The number of hydrogen-bond acceptors (Lipinski definition) is 4. The van der Waals surface area contributed by atoms with Gasteiger partial charge in [-0.25, -0.2) is 0 Å². The minimum atomic E-state index is 0.177. The maximum atomic E-state index is 12.5. The van der Waals surface area contributed by atoms with E-state index >= 15 is 0 Å². The summed E-state index contributed by atoms with van der Waals surface area (Å²) in [6.45, 7) is 3.24. The average Bonchev–Trinajstić information content (AvgIpc) is 2.94. The number of aliphatic hydroxyl groups is 1. The van der Waals surface area contributed by atoms with Crippen molar-refractivity contribution in [3.63, 3.8) is 0 Å². The number of rotatable bonds is 3. The standard InChI is InChI=1S/C15H20N2O2S/c18-11-12-5-6-16(9-12)10-15(19)17-7-8-20-14-4-2-1-3-13(14)17/h1-4,12,18H,5-11H2. The number of likely N-dealkylation sites (tertiary alicyclic amines) is 1. The molecule has 0 radical (unpaired) electrons. The van der Waals surface area contributed by atoms with E-state index in [-0.39, 0.29) is 12.5 Å². The van der Waals surface area contributed by atoms with Gasteiger partial charge in [0.1, 0.15) is 0 Å². The topological polar surface area (TPSA) is 43.8 Å². The van der Waals surface area contributed by atoms with Crippen molar-refractivity contribution in [2.24, 2.45) is 5.92 Å². The van der Waals surface area contributed by atoms with Gasteiger partial charge in [-0.3, -0.25) is 9.69 Å². The lowest BCUT2D eigenvalue weighted by molar-refractivity contribution is -0.119. The molecular formula is C15H20N2O2S. The first-order valence-corrected chi connectivity index (χ1v) is 8.12. The van der Waals surface area contributed by atoms with Crippen LogP contribution in [0.3, 0.4) is 0 Å². The summed E-state index contributed by atoms with van der Waals surface area (Å²) in [5.41, 5.74) is 1.05. The highest BCUT2D eigenvalue weighted by Gasteiger charge is 2.27. The molecule has 108 valence electrons. The van der Waals surface area contributed by atoms with Crippen LogP contribution in [-0.2, 0) is 4.79 Å². The smallest absolute Gasteiger partial charge is 0.241 e. The number of aliphatic hydroxyl groups excluding tert-OH is 1. The number of amides is 1. The van der Waals surface area contributed by atoms with E-state index < -0.39 is 0 Å². The summed E-state index contributed by atoms with van der Waals surface area (Å²) in [4.78, 5) is 17.8. The molecule has 0 aliphatic carbocycles. The Hall–Kier alpha value is -1.04. The number of para-hydroxylation sites is 1. The molecular weight excluding hydrogens is 272 g/mol. The molecule has 1 unspecified atom stereocenters. The van der Waals surface area contributed by atoms with Crippen molar-refractivity contribution in [2.75, 3.05) is 43.4 Å². The van der Waals surface area contributed by atoms with Gasteiger partial charge >= 0.3 is 0 Å². The molecule has 0 saturated carbocycles.